The highest BCUT2D eigenvalue weighted by molar-refractivity contribution is 5.96. The first-order valence-corrected chi connectivity index (χ1v) is 7.91. The number of hydrogen-bond donors (Lipinski definition) is 0. The van der Waals surface area contributed by atoms with Crippen LogP contribution in [0.1, 0.15) is 43.4 Å². The van der Waals surface area contributed by atoms with Gasteiger partial charge in [-0.05, 0) is 39.5 Å². The fourth-order valence-corrected chi connectivity index (χ4v) is 2.80. The van der Waals surface area contributed by atoms with E-state index in [9.17, 15) is 9.59 Å². The van der Waals surface area contributed by atoms with Crippen LogP contribution >= 0.6 is 0 Å². The van der Waals surface area contributed by atoms with Crippen LogP contribution < -0.4 is 0 Å². The highest BCUT2D eigenvalue weighted by Gasteiger charge is 2.17. The zero-order valence-electron chi connectivity index (χ0n) is 13.4. The van der Waals surface area contributed by atoms with E-state index in [0.717, 1.165) is 18.7 Å². The van der Waals surface area contributed by atoms with Crippen LogP contribution in [0.25, 0.3) is 0 Å². The second kappa shape index (κ2) is 8.08. The van der Waals surface area contributed by atoms with Gasteiger partial charge < -0.3 is 14.0 Å². The third-order valence-electron chi connectivity index (χ3n) is 3.79. The number of carbonyl (C=O) groups is 2. The van der Waals surface area contributed by atoms with Gasteiger partial charge in [0.25, 0.3) is 0 Å². The number of ether oxygens (including phenoxy) is 2. The molecule has 2 rings (SSSR count). The maximum Gasteiger partial charge on any atom is 0.313 e. The Balaban J connectivity index is 1.74. The highest BCUT2D eigenvalue weighted by atomic mass is 16.5. The van der Waals surface area contributed by atoms with Crippen molar-refractivity contribution in [3.05, 3.63) is 17.2 Å². The predicted octanol–water partition coefficient (Wildman–Crippen LogP) is 1.61. The fraction of sp³-hybridized carbons (Fsp3) is 0.688. The van der Waals surface area contributed by atoms with Crippen LogP contribution in [0.3, 0.4) is 0 Å². The highest BCUT2D eigenvalue weighted by Crippen LogP contribution is 2.21. The second-order valence-electron chi connectivity index (χ2n) is 5.48. The maximum atomic E-state index is 11.5. The minimum Gasteiger partial charge on any atom is -0.466 e. The van der Waals surface area contributed by atoms with Gasteiger partial charge >= 0.3 is 5.97 Å². The molecule has 0 aromatic carbocycles. The average Bonchev–Trinajstić information content (AvgIpc) is 2.79. The molecule has 1 aromatic heterocycles. The van der Waals surface area contributed by atoms with Crippen LogP contribution in [0.15, 0.2) is 0 Å². The van der Waals surface area contributed by atoms with E-state index in [-0.39, 0.29) is 25.4 Å². The maximum absolute atomic E-state index is 11.5. The number of Topliss-reactive ketones (excluding diaryl/α,β-unsaturated/α-hetero) is 1. The first-order chi connectivity index (χ1) is 10.6. The van der Waals surface area contributed by atoms with E-state index in [4.69, 9.17) is 9.47 Å². The first-order valence-electron chi connectivity index (χ1n) is 7.91. The normalized spacial score (nSPS) is 13.7. The van der Waals surface area contributed by atoms with Crippen molar-refractivity contribution in [3.8, 4) is 0 Å². The lowest BCUT2D eigenvalue weighted by atomic mass is 10.0. The molecule has 0 N–H and O–H groups in total. The second-order valence-corrected chi connectivity index (χ2v) is 5.48. The monoisotopic (exact) mass is 308 g/mol. The summed E-state index contributed by atoms with van der Waals surface area (Å²) in [5, 5.41) is 0. The topological polar surface area (TPSA) is 70.4 Å². The molecular weight excluding hydrogens is 284 g/mol. The minimum atomic E-state index is -0.490. The molecule has 0 fully saturated rings. The van der Waals surface area contributed by atoms with Crippen molar-refractivity contribution in [1.82, 2.24) is 9.55 Å². The van der Waals surface area contributed by atoms with Crippen LogP contribution in [-0.4, -0.2) is 41.1 Å². The predicted molar refractivity (Wildman–Crippen MR) is 80.7 cm³/mol. The number of aryl methyl sites for hydroxylation is 2. The van der Waals surface area contributed by atoms with E-state index in [1.807, 2.05) is 6.92 Å². The lowest BCUT2D eigenvalue weighted by molar-refractivity contribution is -0.146. The Morgan fingerprint density at radius 2 is 2.05 bits per heavy atom. The molecule has 1 aromatic rings. The van der Waals surface area contributed by atoms with Gasteiger partial charge in [0.2, 0.25) is 0 Å². The van der Waals surface area contributed by atoms with Crippen molar-refractivity contribution < 1.29 is 19.1 Å². The quantitative estimate of drug-likeness (QED) is 0.414. The molecule has 0 bridgehead atoms. The zero-order valence-corrected chi connectivity index (χ0v) is 13.4. The average molecular weight is 308 g/mol. The number of hydrogen-bond acceptors (Lipinski definition) is 5. The van der Waals surface area contributed by atoms with Gasteiger partial charge in [0.1, 0.15) is 18.9 Å². The Morgan fingerprint density at radius 3 is 2.82 bits per heavy atom. The van der Waals surface area contributed by atoms with Gasteiger partial charge in [-0.15, -0.1) is 0 Å². The van der Waals surface area contributed by atoms with Crippen molar-refractivity contribution >= 4 is 11.8 Å². The van der Waals surface area contributed by atoms with E-state index in [1.165, 1.54) is 24.2 Å². The number of nitrogens with zero attached hydrogens (tertiary/aromatic N) is 2. The summed E-state index contributed by atoms with van der Waals surface area (Å²) in [6.07, 6.45) is 4.33. The fourth-order valence-electron chi connectivity index (χ4n) is 2.80. The Hall–Kier alpha value is -1.69. The van der Waals surface area contributed by atoms with Crippen molar-refractivity contribution in [1.29, 1.82) is 0 Å². The number of carbonyl (C=O) groups excluding carboxylic acids is 2. The number of aromatic nitrogens is 2. The van der Waals surface area contributed by atoms with Crippen LogP contribution in [0.5, 0.6) is 0 Å². The largest absolute Gasteiger partial charge is 0.466 e. The number of fused-ring (bicyclic) bond motifs is 1. The van der Waals surface area contributed by atoms with Crippen molar-refractivity contribution in [2.24, 2.45) is 0 Å². The molecule has 0 saturated carbocycles. The molecule has 0 amide bonds. The van der Waals surface area contributed by atoms with Gasteiger partial charge in [0, 0.05) is 12.2 Å². The van der Waals surface area contributed by atoms with Gasteiger partial charge in [-0.2, -0.15) is 0 Å². The molecule has 0 radical (unpaired) electrons. The molecule has 1 aliphatic carbocycles. The van der Waals surface area contributed by atoms with E-state index in [0.29, 0.717) is 13.2 Å². The Bertz CT molecular complexity index is 536. The summed E-state index contributed by atoms with van der Waals surface area (Å²) in [7, 11) is 0. The molecule has 0 unspecified atom stereocenters. The number of imidazole rings is 1. The molecule has 22 heavy (non-hydrogen) atoms. The standard InChI is InChI=1S/C16H24N2O4/c1-3-22-16(20)10-13(19)11-21-9-8-18-12(2)17-14-6-4-5-7-15(14)18/h3-11H2,1-2H3. The summed E-state index contributed by atoms with van der Waals surface area (Å²) in [6, 6.07) is 0. The Labute approximate surface area is 130 Å². The van der Waals surface area contributed by atoms with Gasteiger partial charge in [-0.3, -0.25) is 9.59 Å². The summed E-state index contributed by atoms with van der Waals surface area (Å²) in [4.78, 5) is 27.3. The summed E-state index contributed by atoms with van der Waals surface area (Å²) < 4.78 is 12.3. The smallest absolute Gasteiger partial charge is 0.313 e. The van der Waals surface area contributed by atoms with Gasteiger partial charge in [0.15, 0.2) is 5.78 Å². The molecule has 6 heteroatoms. The van der Waals surface area contributed by atoms with Crippen LogP contribution in [-0.2, 0) is 38.4 Å². The summed E-state index contributed by atoms with van der Waals surface area (Å²) in [6.45, 7) is 5.10. The van der Waals surface area contributed by atoms with Crippen molar-refractivity contribution in [2.45, 2.75) is 52.5 Å². The lowest BCUT2D eigenvalue weighted by Gasteiger charge is -2.14. The Morgan fingerprint density at radius 1 is 1.27 bits per heavy atom. The Kier molecular flexibility index (Phi) is 6.12. The van der Waals surface area contributed by atoms with Crippen molar-refractivity contribution in [3.63, 3.8) is 0 Å². The van der Waals surface area contributed by atoms with Crippen LogP contribution in [0.2, 0.25) is 0 Å². The van der Waals surface area contributed by atoms with E-state index >= 15 is 0 Å². The summed E-state index contributed by atoms with van der Waals surface area (Å²) in [5.41, 5.74) is 2.52. The number of esters is 1. The van der Waals surface area contributed by atoms with Crippen molar-refractivity contribution in [2.75, 3.05) is 19.8 Å². The molecule has 1 aliphatic rings. The molecule has 122 valence electrons. The molecule has 0 saturated heterocycles. The molecule has 0 atom stereocenters. The molecule has 6 nitrogen and oxygen atoms in total. The first kappa shape index (κ1) is 16.7. The number of ketones is 1. The van der Waals surface area contributed by atoms with Crippen LogP contribution in [0, 0.1) is 6.92 Å². The van der Waals surface area contributed by atoms with Gasteiger partial charge in [-0.1, -0.05) is 0 Å². The summed E-state index contributed by atoms with van der Waals surface area (Å²) in [5.74, 6) is 0.270. The third-order valence-corrected chi connectivity index (χ3v) is 3.79. The minimum absolute atomic E-state index is 0.0469. The lowest BCUT2D eigenvalue weighted by Crippen LogP contribution is -2.18. The van der Waals surface area contributed by atoms with E-state index in [2.05, 4.69) is 9.55 Å². The summed E-state index contributed by atoms with van der Waals surface area (Å²) >= 11 is 0. The van der Waals surface area contributed by atoms with Gasteiger partial charge in [-0.25, -0.2) is 4.98 Å². The SMILES string of the molecule is CCOC(=O)CC(=O)COCCn1c(C)nc2c1CCCC2. The molecule has 0 spiro atoms. The van der Waals surface area contributed by atoms with E-state index < -0.39 is 5.97 Å². The third kappa shape index (κ3) is 4.40. The van der Waals surface area contributed by atoms with Gasteiger partial charge in [0.05, 0.1) is 18.9 Å². The molecule has 1 heterocycles. The molecular formula is C16H24N2O4. The van der Waals surface area contributed by atoms with E-state index in [1.54, 1.807) is 6.92 Å². The van der Waals surface area contributed by atoms with Crippen LogP contribution in [0.4, 0.5) is 0 Å². The number of rotatable bonds is 8. The zero-order chi connectivity index (χ0) is 15.9. The molecule has 0 aliphatic heterocycles.